The highest BCUT2D eigenvalue weighted by Crippen LogP contribution is 2.35. The van der Waals surface area contributed by atoms with Gasteiger partial charge in [0, 0.05) is 18.5 Å². The zero-order valence-electron chi connectivity index (χ0n) is 13.0. The van der Waals surface area contributed by atoms with Gasteiger partial charge in [-0.1, -0.05) is 25.0 Å². The fraction of sp³-hybridized carbons (Fsp3) is 0.667. The topological polar surface area (TPSA) is 32.7 Å². The lowest BCUT2D eigenvalue weighted by Gasteiger charge is -2.37. The lowest BCUT2D eigenvalue weighted by molar-refractivity contribution is 0.0201. The number of methoxy groups -OCH3 is 1. The molecule has 1 aliphatic carbocycles. The van der Waals surface area contributed by atoms with E-state index in [9.17, 15) is 5.11 Å². The monoisotopic (exact) mass is 289 g/mol. The van der Waals surface area contributed by atoms with Gasteiger partial charge in [-0.05, 0) is 49.9 Å². The first-order valence-electron chi connectivity index (χ1n) is 8.33. The molecule has 0 bridgehead atoms. The van der Waals surface area contributed by atoms with E-state index >= 15 is 0 Å². The van der Waals surface area contributed by atoms with Crippen molar-refractivity contribution in [3.8, 4) is 5.75 Å². The van der Waals surface area contributed by atoms with E-state index in [4.69, 9.17) is 4.74 Å². The Morgan fingerprint density at radius 2 is 2.05 bits per heavy atom. The molecule has 2 aliphatic rings. The summed E-state index contributed by atoms with van der Waals surface area (Å²) in [4.78, 5) is 2.58. The third-order valence-corrected chi connectivity index (χ3v) is 5.21. The predicted octanol–water partition coefficient (Wildman–Crippen LogP) is 3.21. The number of aliphatic hydroxyl groups is 1. The van der Waals surface area contributed by atoms with Crippen molar-refractivity contribution in [3.63, 3.8) is 0 Å². The molecule has 0 spiro atoms. The molecule has 2 fully saturated rings. The molecule has 3 unspecified atom stereocenters. The van der Waals surface area contributed by atoms with Gasteiger partial charge in [-0.2, -0.15) is 0 Å². The minimum absolute atomic E-state index is 0.0883. The van der Waals surface area contributed by atoms with E-state index in [1.807, 2.05) is 6.07 Å². The highest BCUT2D eigenvalue weighted by Gasteiger charge is 2.36. The average Bonchev–Trinajstić information content (AvgIpc) is 2.96. The zero-order chi connectivity index (χ0) is 14.7. The second-order valence-electron chi connectivity index (χ2n) is 6.55. The molecule has 1 saturated carbocycles. The van der Waals surface area contributed by atoms with Crippen LogP contribution >= 0.6 is 0 Å². The molecule has 1 aliphatic heterocycles. The number of nitrogens with zero attached hydrogens (tertiary/aromatic N) is 1. The standard InChI is InChI=1S/C18H27NO2/c1-21-15-7-4-6-14(12-15)13-19-11-5-9-17(19)16-8-2-3-10-18(16)20/h4,6-7,12,16-18,20H,2-3,5,8-11,13H2,1H3. The number of rotatable bonds is 4. The lowest BCUT2D eigenvalue weighted by atomic mass is 9.80. The second kappa shape index (κ2) is 6.80. The molecule has 0 amide bonds. The maximum Gasteiger partial charge on any atom is 0.119 e. The fourth-order valence-corrected chi connectivity index (χ4v) is 4.13. The summed E-state index contributed by atoms with van der Waals surface area (Å²) in [6, 6.07) is 8.93. The Morgan fingerprint density at radius 3 is 2.86 bits per heavy atom. The van der Waals surface area contributed by atoms with E-state index in [1.54, 1.807) is 7.11 Å². The lowest BCUT2D eigenvalue weighted by Crippen LogP contribution is -2.42. The quantitative estimate of drug-likeness (QED) is 0.924. The largest absolute Gasteiger partial charge is 0.497 e. The van der Waals surface area contributed by atoms with Crippen LogP contribution in [0.25, 0.3) is 0 Å². The van der Waals surface area contributed by atoms with E-state index in [0.29, 0.717) is 12.0 Å². The summed E-state index contributed by atoms with van der Waals surface area (Å²) < 4.78 is 5.32. The van der Waals surface area contributed by atoms with Gasteiger partial charge in [0.1, 0.15) is 5.75 Å². The molecule has 3 rings (SSSR count). The Kier molecular flexibility index (Phi) is 4.81. The number of hydrogen-bond acceptors (Lipinski definition) is 3. The molecule has 0 radical (unpaired) electrons. The third kappa shape index (κ3) is 3.41. The first kappa shape index (κ1) is 14.9. The molecular formula is C18H27NO2. The van der Waals surface area contributed by atoms with Crippen molar-refractivity contribution in [1.29, 1.82) is 0 Å². The minimum Gasteiger partial charge on any atom is -0.497 e. The van der Waals surface area contributed by atoms with E-state index in [0.717, 1.165) is 25.3 Å². The average molecular weight is 289 g/mol. The van der Waals surface area contributed by atoms with E-state index in [2.05, 4.69) is 23.1 Å². The van der Waals surface area contributed by atoms with Gasteiger partial charge in [-0.3, -0.25) is 4.90 Å². The Labute approximate surface area is 127 Å². The smallest absolute Gasteiger partial charge is 0.119 e. The van der Waals surface area contributed by atoms with Crippen LogP contribution in [0.2, 0.25) is 0 Å². The normalized spacial score (nSPS) is 30.5. The number of hydrogen-bond donors (Lipinski definition) is 1. The molecule has 3 atom stereocenters. The molecule has 0 aromatic heterocycles. The molecule has 21 heavy (non-hydrogen) atoms. The molecular weight excluding hydrogens is 262 g/mol. The molecule has 3 nitrogen and oxygen atoms in total. The van der Waals surface area contributed by atoms with Crippen LogP contribution in [0.4, 0.5) is 0 Å². The Hall–Kier alpha value is -1.06. The van der Waals surface area contributed by atoms with Crippen LogP contribution in [0.1, 0.15) is 44.1 Å². The Bertz CT molecular complexity index is 462. The molecule has 1 heterocycles. The number of benzene rings is 1. The van der Waals surface area contributed by atoms with Gasteiger partial charge < -0.3 is 9.84 Å². The van der Waals surface area contributed by atoms with Crippen LogP contribution in [0.5, 0.6) is 5.75 Å². The minimum atomic E-state index is -0.0883. The Balaban J connectivity index is 1.68. The summed E-state index contributed by atoms with van der Waals surface area (Å²) in [5.74, 6) is 1.41. The van der Waals surface area contributed by atoms with Crippen LogP contribution in [-0.2, 0) is 6.54 Å². The molecule has 1 aromatic rings. The van der Waals surface area contributed by atoms with Crippen LogP contribution in [-0.4, -0.2) is 35.8 Å². The molecule has 116 valence electrons. The fourth-order valence-electron chi connectivity index (χ4n) is 4.13. The number of ether oxygens (including phenoxy) is 1. The summed E-state index contributed by atoms with van der Waals surface area (Å²) in [7, 11) is 1.72. The molecule has 1 aromatic carbocycles. The summed E-state index contributed by atoms with van der Waals surface area (Å²) in [5.41, 5.74) is 1.31. The number of likely N-dealkylation sites (tertiary alicyclic amines) is 1. The van der Waals surface area contributed by atoms with Gasteiger partial charge in [-0.15, -0.1) is 0 Å². The van der Waals surface area contributed by atoms with Crippen LogP contribution < -0.4 is 4.74 Å². The van der Waals surface area contributed by atoms with Gasteiger partial charge >= 0.3 is 0 Å². The SMILES string of the molecule is COc1cccc(CN2CCCC2C2CCCCC2O)c1. The van der Waals surface area contributed by atoms with Crippen molar-refractivity contribution in [2.75, 3.05) is 13.7 Å². The van der Waals surface area contributed by atoms with Crippen LogP contribution in [0, 0.1) is 5.92 Å². The third-order valence-electron chi connectivity index (χ3n) is 5.21. The van der Waals surface area contributed by atoms with Crippen molar-refractivity contribution in [2.24, 2.45) is 5.92 Å². The van der Waals surface area contributed by atoms with Crippen molar-refractivity contribution in [2.45, 2.75) is 57.2 Å². The van der Waals surface area contributed by atoms with Gasteiger partial charge in [0.15, 0.2) is 0 Å². The molecule has 3 heteroatoms. The van der Waals surface area contributed by atoms with Gasteiger partial charge in [0.2, 0.25) is 0 Å². The highest BCUT2D eigenvalue weighted by atomic mass is 16.5. The van der Waals surface area contributed by atoms with Crippen LogP contribution in [0.3, 0.4) is 0 Å². The molecule has 1 N–H and O–H groups in total. The van der Waals surface area contributed by atoms with E-state index in [-0.39, 0.29) is 6.10 Å². The van der Waals surface area contributed by atoms with Gasteiger partial charge in [0.05, 0.1) is 13.2 Å². The first-order chi connectivity index (χ1) is 10.3. The molecule has 1 saturated heterocycles. The van der Waals surface area contributed by atoms with E-state index in [1.165, 1.54) is 37.7 Å². The maximum absolute atomic E-state index is 10.3. The van der Waals surface area contributed by atoms with E-state index < -0.39 is 0 Å². The number of aliphatic hydroxyl groups excluding tert-OH is 1. The Morgan fingerprint density at radius 1 is 1.19 bits per heavy atom. The predicted molar refractivity (Wildman–Crippen MR) is 84.4 cm³/mol. The van der Waals surface area contributed by atoms with Crippen molar-refractivity contribution < 1.29 is 9.84 Å². The van der Waals surface area contributed by atoms with Gasteiger partial charge in [-0.25, -0.2) is 0 Å². The zero-order valence-corrected chi connectivity index (χ0v) is 13.0. The first-order valence-corrected chi connectivity index (χ1v) is 8.33. The maximum atomic E-state index is 10.3. The van der Waals surface area contributed by atoms with Gasteiger partial charge in [0.25, 0.3) is 0 Å². The van der Waals surface area contributed by atoms with Crippen LogP contribution in [0.15, 0.2) is 24.3 Å². The highest BCUT2D eigenvalue weighted by molar-refractivity contribution is 5.28. The summed E-state index contributed by atoms with van der Waals surface area (Å²) in [6.45, 7) is 2.14. The summed E-state index contributed by atoms with van der Waals surface area (Å²) in [5, 5.41) is 10.3. The van der Waals surface area contributed by atoms with Crippen molar-refractivity contribution in [3.05, 3.63) is 29.8 Å². The van der Waals surface area contributed by atoms with Crippen molar-refractivity contribution in [1.82, 2.24) is 4.90 Å². The summed E-state index contributed by atoms with van der Waals surface area (Å²) in [6.07, 6.45) is 7.08. The second-order valence-corrected chi connectivity index (χ2v) is 6.55. The van der Waals surface area contributed by atoms with Crippen molar-refractivity contribution >= 4 is 0 Å². The summed E-state index contributed by atoms with van der Waals surface area (Å²) >= 11 is 0.